The zero-order chi connectivity index (χ0) is 57.4. The lowest BCUT2D eigenvalue weighted by Gasteiger charge is -2.25. The van der Waals surface area contributed by atoms with Crippen LogP contribution in [0.1, 0.15) is 11.1 Å². The average Bonchev–Trinajstić information content (AvgIpc) is 1.63. The number of fused-ring (bicyclic) bond motifs is 17. The highest BCUT2D eigenvalue weighted by Crippen LogP contribution is 2.53. The molecule has 0 saturated heterocycles. The second-order valence-corrected chi connectivity index (χ2v) is 24.5. The molecule has 7 heteroatoms. The van der Waals surface area contributed by atoms with Gasteiger partial charge in [-0.2, -0.15) is 10.5 Å². The fraction of sp³-hybridized carbons (Fsp3) is 0. The monoisotopic (exact) mass is 1140 g/mol. The van der Waals surface area contributed by atoms with Gasteiger partial charge in [0.2, 0.25) is 0 Å². The largest absolute Gasteiger partial charge is 0.456 e. The zero-order valence-corrected chi connectivity index (χ0v) is 48.1. The predicted molar refractivity (Wildman–Crippen MR) is 365 cm³/mol. The van der Waals surface area contributed by atoms with Crippen LogP contribution in [0.3, 0.4) is 0 Å². The minimum absolute atomic E-state index is 0.406. The Labute approximate surface area is 506 Å². The molecule has 5 heterocycles. The quantitative estimate of drug-likeness (QED) is 0.160. The minimum atomic E-state index is 0.406. The van der Waals surface area contributed by atoms with Gasteiger partial charge in [-0.05, 0) is 99.1 Å². The van der Waals surface area contributed by atoms with Crippen LogP contribution in [0.25, 0.3) is 173 Å². The van der Waals surface area contributed by atoms with Crippen molar-refractivity contribution in [2.75, 3.05) is 0 Å². The summed E-state index contributed by atoms with van der Waals surface area (Å²) in [5, 5.41) is 35.7. The lowest BCUT2D eigenvalue weighted by Crippen LogP contribution is -2.11. The van der Waals surface area contributed by atoms with E-state index in [1.165, 1.54) is 20.2 Å². The van der Waals surface area contributed by atoms with E-state index < -0.39 is 0 Å². The highest BCUT2D eigenvalue weighted by atomic mass is 32.1. The molecule has 0 aliphatic heterocycles. The summed E-state index contributed by atoms with van der Waals surface area (Å²) in [4.78, 5) is 0. The van der Waals surface area contributed by atoms with Crippen LogP contribution in [-0.4, -0.2) is 9.13 Å². The zero-order valence-electron chi connectivity index (χ0n) is 46.4. The molecule has 87 heavy (non-hydrogen) atoms. The first-order valence-electron chi connectivity index (χ1n) is 29.1. The minimum Gasteiger partial charge on any atom is -0.456 e. The maximum atomic E-state index is 12.5. The van der Waals surface area contributed by atoms with Gasteiger partial charge in [0.25, 0.3) is 0 Å². The number of furan rings is 1. The predicted octanol–water partition coefficient (Wildman–Crippen LogP) is 22.6. The SMILES string of the molecule is N#Cc1c(-c2ccccc2)c(C#N)c(-n2c3c(ccc4c5cc(-c6ccccc6)ccc5sc43)c3ccc4c5cc(-c6ccccc6)ccc5sc4c32)c(-c2ccccc2)c1-n1c2ccccc2c2cc(-c3cccc4oc5ccccc5c34)ccc21. The molecule has 0 radical (unpaired) electrons. The first kappa shape index (κ1) is 49.1. The first-order chi connectivity index (χ1) is 43.1. The molecule has 18 aromatic rings. The Morgan fingerprint density at radius 3 is 1.36 bits per heavy atom. The van der Waals surface area contributed by atoms with E-state index in [1.54, 1.807) is 22.7 Å². The van der Waals surface area contributed by atoms with Crippen molar-refractivity contribution in [3.05, 3.63) is 278 Å². The van der Waals surface area contributed by atoms with Crippen LogP contribution in [0.15, 0.2) is 271 Å². The molecule has 0 aliphatic carbocycles. The summed E-state index contributed by atoms with van der Waals surface area (Å²) in [6.07, 6.45) is 0. The molecule has 0 bridgehead atoms. The van der Waals surface area contributed by atoms with Crippen LogP contribution in [0, 0.1) is 22.7 Å². The van der Waals surface area contributed by atoms with Crippen molar-refractivity contribution in [2.45, 2.75) is 0 Å². The molecular formula is C80H44N4OS2. The van der Waals surface area contributed by atoms with Gasteiger partial charge in [-0.15, -0.1) is 22.7 Å². The topological polar surface area (TPSA) is 70.6 Å². The van der Waals surface area contributed by atoms with Crippen LogP contribution in [0.5, 0.6) is 0 Å². The normalized spacial score (nSPS) is 11.9. The van der Waals surface area contributed by atoms with Gasteiger partial charge in [-0.25, -0.2) is 0 Å². The van der Waals surface area contributed by atoms with Crippen molar-refractivity contribution in [3.63, 3.8) is 0 Å². The number of thiophene rings is 2. The Kier molecular flexibility index (Phi) is 10.8. The summed E-state index contributed by atoms with van der Waals surface area (Å²) in [6, 6.07) is 100. The van der Waals surface area contributed by atoms with E-state index in [1.807, 2.05) is 54.6 Å². The van der Waals surface area contributed by atoms with E-state index >= 15 is 0 Å². The van der Waals surface area contributed by atoms with Gasteiger partial charge in [0.15, 0.2) is 0 Å². The van der Waals surface area contributed by atoms with Crippen molar-refractivity contribution in [2.24, 2.45) is 0 Å². The average molecular weight is 1140 g/mol. The highest BCUT2D eigenvalue weighted by molar-refractivity contribution is 7.27. The van der Waals surface area contributed by atoms with Crippen molar-refractivity contribution in [3.8, 4) is 79.1 Å². The third kappa shape index (κ3) is 7.22. The Bertz CT molecular complexity index is 5840. The number of hydrogen-bond acceptors (Lipinski definition) is 5. The number of benzene rings is 13. The molecule has 402 valence electrons. The van der Waals surface area contributed by atoms with Crippen LogP contribution in [-0.2, 0) is 0 Å². The molecule has 5 nitrogen and oxygen atoms in total. The first-order valence-corrected chi connectivity index (χ1v) is 30.7. The molecule has 5 aromatic heterocycles. The maximum absolute atomic E-state index is 12.5. The lowest BCUT2D eigenvalue weighted by molar-refractivity contribution is 0.669. The highest BCUT2D eigenvalue weighted by Gasteiger charge is 2.33. The van der Waals surface area contributed by atoms with E-state index in [2.05, 4.69) is 234 Å². The Morgan fingerprint density at radius 2 is 0.770 bits per heavy atom. The molecule has 13 aromatic carbocycles. The summed E-state index contributed by atoms with van der Waals surface area (Å²) in [5.41, 5.74) is 17.5. The molecular weight excluding hydrogens is 1100 g/mol. The van der Waals surface area contributed by atoms with Gasteiger partial charge in [0.1, 0.15) is 23.3 Å². The summed E-state index contributed by atoms with van der Waals surface area (Å²) in [7, 11) is 0. The van der Waals surface area contributed by atoms with Gasteiger partial charge in [-0.1, -0.05) is 212 Å². The molecule has 18 rings (SSSR count). The number of nitriles is 2. The van der Waals surface area contributed by atoms with Gasteiger partial charge >= 0.3 is 0 Å². The maximum Gasteiger partial charge on any atom is 0.136 e. The molecule has 0 N–H and O–H groups in total. The van der Waals surface area contributed by atoms with E-state index in [4.69, 9.17) is 4.42 Å². The van der Waals surface area contributed by atoms with Gasteiger partial charge in [0, 0.05) is 74.4 Å². The Hall–Kier alpha value is -11.3. The molecule has 0 fully saturated rings. The number of aromatic nitrogens is 2. The summed E-state index contributed by atoms with van der Waals surface area (Å²) in [6.45, 7) is 0. The number of nitrogens with zero attached hydrogens (tertiary/aromatic N) is 4. The van der Waals surface area contributed by atoms with Crippen molar-refractivity contribution in [1.29, 1.82) is 10.5 Å². The van der Waals surface area contributed by atoms with Crippen molar-refractivity contribution in [1.82, 2.24) is 9.13 Å². The second kappa shape index (κ2) is 19.1. The van der Waals surface area contributed by atoms with Crippen molar-refractivity contribution >= 4 is 129 Å². The molecule has 0 aliphatic rings. The molecule has 0 spiro atoms. The van der Waals surface area contributed by atoms with Gasteiger partial charge in [0.05, 0.1) is 54.0 Å². The fourth-order valence-corrected chi connectivity index (χ4v) is 16.5. The van der Waals surface area contributed by atoms with E-state index in [9.17, 15) is 10.5 Å². The fourth-order valence-electron chi connectivity index (χ4n) is 14.0. The number of hydrogen-bond donors (Lipinski definition) is 0. The summed E-state index contributed by atoms with van der Waals surface area (Å²) < 4.78 is 15.8. The third-order valence-electron chi connectivity index (χ3n) is 17.8. The van der Waals surface area contributed by atoms with Crippen LogP contribution in [0.2, 0.25) is 0 Å². The van der Waals surface area contributed by atoms with E-state index in [0.29, 0.717) is 28.1 Å². The number of rotatable bonds is 7. The van der Waals surface area contributed by atoms with Crippen LogP contribution >= 0.6 is 22.7 Å². The standard InChI is InChI=1S/C80H44N4OS2/c81-45-64-72(49-22-9-3-10-23-49)65(46-82)76(73(50-24-11-4-12-25-50)75(64)83-66-29-15-13-26-55(66)61-44-53(32-39-67(61)83)54-28-17-31-69-74(54)60-27-14-16-30-68(60)85-69)84-77-56(35-37-58-62-42-51(47-18-5-1-6-19-47)33-40-70(62)86-79(58)77)57-36-38-59-63-43-52(48-20-7-2-8-21-48)34-41-71(63)87-80(59)78(57)84/h1-44H. The Morgan fingerprint density at radius 1 is 0.310 bits per heavy atom. The summed E-state index contributed by atoms with van der Waals surface area (Å²) >= 11 is 3.59. The third-order valence-corrected chi connectivity index (χ3v) is 20.2. The molecule has 0 saturated carbocycles. The van der Waals surface area contributed by atoms with E-state index in [-0.39, 0.29) is 0 Å². The van der Waals surface area contributed by atoms with Crippen molar-refractivity contribution < 1.29 is 4.42 Å². The molecule has 0 atom stereocenters. The smallest absolute Gasteiger partial charge is 0.136 e. The van der Waals surface area contributed by atoms with E-state index in [0.717, 1.165) is 136 Å². The van der Waals surface area contributed by atoms with Crippen LogP contribution < -0.4 is 0 Å². The molecule has 0 amide bonds. The Balaban J connectivity index is 1.03. The van der Waals surface area contributed by atoms with Crippen LogP contribution in [0.4, 0.5) is 0 Å². The second-order valence-electron chi connectivity index (χ2n) is 22.4. The van der Waals surface area contributed by atoms with Gasteiger partial charge in [-0.3, -0.25) is 0 Å². The summed E-state index contributed by atoms with van der Waals surface area (Å²) in [5.74, 6) is 0. The van der Waals surface area contributed by atoms with Gasteiger partial charge < -0.3 is 13.6 Å². The molecule has 0 unspecified atom stereocenters. The number of para-hydroxylation sites is 2. The lowest BCUT2D eigenvalue weighted by atomic mass is 9.86.